The summed E-state index contributed by atoms with van der Waals surface area (Å²) in [5.41, 5.74) is 3.53. The van der Waals surface area contributed by atoms with E-state index in [1.54, 1.807) is 4.90 Å². The van der Waals surface area contributed by atoms with Gasteiger partial charge in [-0.25, -0.2) is 0 Å². The smallest absolute Gasteiger partial charge is 0.227 e. The van der Waals surface area contributed by atoms with Gasteiger partial charge >= 0.3 is 0 Å². The molecule has 2 rings (SSSR count). The van der Waals surface area contributed by atoms with Crippen LogP contribution in [0.1, 0.15) is 29.5 Å². The largest absolute Gasteiger partial charge is 0.391 e. The Hall–Kier alpha value is -1.35. The van der Waals surface area contributed by atoms with Gasteiger partial charge in [0.25, 0.3) is 0 Å². The van der Waals surface area contributed by atoms with Gasteiger partial charge in [-0.2, -0.15) is 0 Å². The van der Waals surface area contributed by atoms with Crippen LogP contribution in [-0.4, -0.2) is 35.1 Å². The van der Waals surface area contributed by atoms with Gasteiger partial charge in [0.1, 0.15) is 0 Å². The Bertz CT molecular complexity index is 442. The van der Waals surface area contributed by atoms with Crippen LogP contribution in [0, 0.1) is 13.8 Å². The molecular weight excluding hydrogens is 226 g/mol. The van der Waals surface area contributed by atoms with Gasteiger partial charge in [-0.3, -0.25) is 4.79 Å². The summed E-state index contributed by atoms with van der Waals surface area (Å²) in [7, 11) is 0. The lowest BCUT2D eigenvalue weighted by Gasteiger charge is -2.30. The van der Waals surface area contributed by atoms with Crippen LogP contribution in [0.25, 0.3) is 0 Å². The number of piperidine rings is 1. The number of nitrogens with zero attached hydrogens (tertiary/aromatic N) is 1. The maximum absolute atomic E-state index is 12.1. The highest BCUT2D eigenvalue weighted by atomic mass is 16.3. The highest BCUT2D eigenvalue weighted by molar-refractivity contribution is 5.79. The summed E-state index contributed by atoms with van der Waals surface area (Å²) in [6.45, 7) is 5.40. The minimum atomic E-state index is -0.345. The normalized spacial score (nSPS) is 19.9. The number of likely N-dealkylation sites (tertiary alicyclic amines) is 1. The molecule has 0 aromatic heterocycles. The van der Waals surface area contributed by atoms with Crippen LogP contribution in [-0.2, 0) is 11.2 Å². The lowest BCUT2D eigenvalue weighted by Crippen LogP contribution is -2.42. The Morgan fingerprint density at radius 2 is 2.17 bits per heavy atom. The van der Waals surface area contributed by atoms with Crippen LogP contribution in [0.3, 0.4) is 0 Å². The predicted molar refractivity (Wildman–Crippen MR) is 71.4 cm³/mol. The zero-order valence-corrected chi connectivity index (χ0v) is 11.1. The van der Waals surface area contributed by atoms with E-state index in [-0.39, 0.29) is 12.0 Å². The van der Waals surface area contributed by atoms with Crippen molar-refractivity contribution in [3.8, 4) is 0 Å². The van der Waals surface area contributed by atoms with Gasteiger partial charge in [0, 0.05) is 13.1 Å². The van der Waals surface area contributed by atoms with Crippen LogP contribution in [0.4, 0.5) is 0 Å². The van der Waals surface area contributed by atoms with Crippen molar-refractivity contribution in [2.75, 3.05) is 13.1 Å². The van der Waals surface area contributed by atoms with Gasteiger partial charge < -0.3 is 10.0 Å². The molecule has 3 heteroatoms. The van der Waals surface area contributed by atoms with Crippen molar-refractivity contribution in [3.63, 3.8) is 0 Å². The number of aliphatic hydroxyl groups is 1. The van der Waals surface area contributed by atoms with Crippen LogP contribution < -0.4 is 0 Å². The predicted octanol–water partition coefficient (Wildman–Crippen LogP) is 1.83. The number of hydrogen-bond donors (Lipinski definition) is 1. The van der Waals surface area contributed by atoms with E-state index in [9.17, 15) is 9.90 Å². The van der Waals surface area contributed by atoms with E-state index >= 15 is 0 Å². The molecule has 1 aromatic rings. The van der Waals surface area contributed by atoms with Gasteiger partial charge in [-0.15, -0.1) is 0 Å². The molecule has 1 aromatic carbocycles. The fraction of sp³-hybridized carbons (Fsp3) is 0.533. The van der Waals surface area contributed by atoms with Crippen molar-refractivity contribution in [3.05, 3.63) is 34.9 Å². The van der Waals surface area contributed by atoms with Gasteiger partial charge in [-0.05, 0) is 43.4 Å². The van der Waals surface area contributed by atoms with Crippen LogP contribution in [0.5, 0.6) is 0 Å². The zero-order valence-electron chi connectivity index (χ0n) is 11.1. The second kappa shape index (κ2) is 5.53. The fourth-order valence-electron chi connectivity index (χ4n) is 2.38. The van der Waals surface area contributed by atoms with Crippen molar-refractivity contribution < 1.29 is 9.90 Å². The van der Waals surface area contributed by atoms with Crippen LogP contribution in [0.15, 0.2) is 18.2 Å². The Morgan fingerprint density at radius 1 is 1.39 bits per heavy atom. The summed E-state index contributed by atoms with van der Waals surface area (Å²) in [6.07, 6.45) is 1.81. The Kier molecular flexibility index (Phi) is 4.02. The molecule has 1 aliphatic heterocycles. The van der Waals surface area contributed by atoms with E-state index in [4.69, 9.17) is 0 Å². The Morgan fingerprint density at radius 3 is 2.83 bits per heavy atom. The van der Waals surface area contributed by atoms with Crippen LogP contribution >= 0.6 is 0 Å². The highest BCUT2D eigenvalue weighted by Crippen LogP contribution is 2.14. The summed E-state index contributed by atoms with van der Waals surface area (Å²) in [5, 5.41) is 9.58. The topological polar surface area (TPSA) is 40.5 Å². The minimum Gasteiger partial charge on any atom is -0.391 e. The second-order valence-corrected chi connectivity index (χ2v) is 5.23. The van der Waals surface area contributed by atoms with Crippen molar-refractivity contribution >= 4 is 5.91 Å². The quantitative estimate of drug-likeness (QED) is 0.866. The first-order chi connectivity index (χ1) is 8.56. The lowest BCUT2D eigenvalue weighted by molar-refractivity contribution is -0.133. The number of benzene rings is 1. The lowest BCUT2D eigenvalue weighted by atomic mass is 10.0. The molecule has 1 amide bonds. The van der Waals surface area contributed by atoms with Crippen LogP contribution in [0.2, 0.25) is 0 Å². The molecular formula is C15H21NO2. The molecule has 1 saturated heterocycles. The monoisotopic (exact) mass is 247 g/mol. The average Bonchev–Trinajstić information content (AvgIpc) is 2.34. The first-order valence-electron chi connectivity index (χ1n) is 6.58. The van der Waals surface area contributed by atoms with Gasteiger partial charge in [0.2, 0.25) is 5.91 Å². The van der Waals surface area contributed by atoms with Crippen molar-refractivity contribution in [1.29, 1.82) is 0 Å². The molecule has 0 unspecified atom stereocenters. The standard InChI is InChI=1S/C15H21NO2/c1-11-5-6-13(8-12(11)2)9-15(18)16-7-3-4-14(17)10-16/h5-6,8,14,17H,3-4,7,9-10H2,1-2H3/t14-/m0/s1. The Labute approximate surface area is 108 Å². The van der Waals surface area contributed by atoms with Crippen molar-refractivity contribution in [2.24, 2.45) is 0 Å². The third-order valence-corrected chi connectivity index (χ3v) is 3.68. The SMILES string of the molecule is Cc1ccc(CC(=O)N2CCC[C@H](O)C2)cc1C. The van der Waals surface area contributed by atoms with Gasteiger partial charge in [0.05, 0.1) is 12.5 Å². The third-order valence-electron chi connectivity index (χ3n) is 3.68. The van der Waals surface area contributed by atoms with Gasteiger partial charge in [0.15, 0.2) is 0 Å². The third kappa shape index (κ3) is 3.10. The molecule has 0 radical (unpaired) electrons. The van der Waals surface area contributed by atoms with E-state index in [0.29, 0.717) is 13.0 Å². The summed E-state index contributed by atoms with van der Waals surface area (Å²) in [5.74, 6) is 0.122. The summed E-state index contributed by atoms with van der Waals surface area (Å²) < 4.78 is 0. The maximum atomic E-state index is 12.1. The second-order valence-electron chi connectivity index (χ2n) is 5.23. The maximum Gasteiger partial charge on any atom is 0.227 e. The van der Waals surface area contributed by atoms with E-state index in [2.05, 4.69) is 26.0 Å². The summed E-state index contributed by atoms with van der Waals surface area (Å²) in [4.78, 5) is 13.9. The number of hydrogen-bond acceptors (Lipinski definition) is 2. The van der Waals surface area contributed by atoms with Gasteiger partial charge in [-0.1, -0.05) is 18.2 Å². The molecule has 98 valence electrons. The number of amides is 1. The molecule has 1 N–H and O–H groups in total. The molecule has 0 saturated carbocycles. The molecule has 0 bridgehead atoms. The number of β-amino-alcohol motifs (C(OH)–C–C–N with tert-alkyl or cyclic N) is 1. The summed E-state index contributed by atoms with van der Waals surface area (Å²) in [6, 6.07) is 6.15. The highest BCUT2D eigenvalue weighted by Gasteiger charge is 2.21. The van der Waals surface area contributed by atoms with E-state index in [1.807, 2.05) is 6.07 Å². The first kappa shape index (κ1) is 13.1. The average molecular weight is 247 g/mol. The first-order valence-corrected chi connectivity index (χ1v) is 6.58. The number of carbonyl (C=O) groups excluding carboxylic acids is 1. The van der Waals surface area contributed by atoms with Crippen molar-refractivity contribution in [2.45, 2.75) is 39.2 Å². The molecule has 3 nitrogen and oxygen atoms in total. The minimum absolute atomic E-state index is 0.122. The molecule has 1 atom stereocenters. The number of rotatable bonds is 2. The fourth-order valence-corrected chi connectivity index (χ4v) is 2.38. The molecule has 1 heterocycles. The molecule has 1 fully saturated rings. The van der Waals surface area contributed by atoms with E-state index < -0.39 is 0 Å². The van der Waals surface area contributed by atoms with E-state index in [0.717, 1.165) is 24.9 Å². The zero-order chi connectivity index (χ0) is 13.1. The Balaban J connectivity index is 2.00. The summed E-state index contributed by atoms with van der Waals surface area (Å²) >= 11 is 0. The number of aryl methyl sites for hydroxylation is 2. The molecule has 18 heavy (non-hydrogen) atoms. The van der Waals surface area contributed by atoms with E-state index in [1.165, 1.54) is 11.1 Å². The molecule has 1 aliphatic rings. The number of carbonyl (C=O) groups is 1. The van der Waals surface area contributed by atoms with Crippen molar-refractivity contribution in [1.82, 2.24) is 4.90 Å². The molecule has 0 aliphatic carbocycles. The number of aliphatic hydroxyl groups excluding tert-OH is 1. The molecule has 0 spiro atoms.